The van der Waals surface area contributed by atoms with Gasteiger partial charge in [-0.15, -0.1) is 10.2 Å². The van der Waals surface area contributed by atoms with Crippen LogP contribution in [0.2, 0.25) is 0 Å². The molecule has 0 aliphatic carbocycles. The number of hydrogen-bond donors (Lipinski definition) is 1. The molecule has 3 heterocycles. The summed E-state index contributed by atoms with van der Waals surface area (Å²) in [6.07, 6.45) is 4.31. The fourth-order valence-electron chi connectivity index (χ4n) is 3.58. The molecule has 1 N–H and O–H groups in total. The zero-order chi connectivity index (χ0) is 23.2. The number of anilines is 1. The van der Waals surface area contributed by atoms with Gasteiger partial charge in [-0.2, -0.15) is 0 Å². The second kappa shape index (κ2) is 10.4. The molecule has 0 radical (unpaired) electrons. The van der Waals surface area contributed by atoms with E-state index in [2.05, 4.69) is 32.6 Å². The fourth-order valence-corrected chi connectivity index (χ4v) is 4.32. The highest BCUT2D eigenvalue weighted by molar-refractivity contribution is 7.99. The van der Waals surface area contributed by atoms with E-state index in [4.69, 9.17) is 9.47 Å². The summed E-state index contributed by atoms with van der Waals surface area (Å²) < 4.78 is 13.4. The normalized spacial score (nSPS) is 12.7. The number of aromatic nitrogens is 4. The topological polar surface area (TPSA) is 91.2 Å². The van der Waals surface area contributed by atoms with Gasteiger partial charge in [0.15, 0.2) is 22.5 Å². The van der Waals surface area contributed by atoms with E-state index in [1.807, 2.05) is 47.0 Å². The molecule has 0 atom stereocenters. The van der Waals surface area contributed by atoms with Crippen molar-refractivity contribution < 1.29 is 14.3 Å². The van der Waals surface area contributed by atoms with Gasteiger partial charge < -0.3 is 14.8 Å². The lowest BCUT2D eigenvalue weighted by atomic mass is 10.2. The Labute approximate surface area is 201 Å². The lowest BCUT2D eigenvalue weighted by Gasteiger charge is -2.11. The van der Waals surface area contributed by atoms with E-state index < -0.39 is 0 Å². The maximum absolute atomic E-state index is 12.7. The zero-order valence-electron chi connectivity index (χ0n) is 18.4. The van der Waals surface area contributed by atoms with Gasteiger partial charge in [-0.3, -0.25) is 14.3 Å². The van der Waals surface area contributed by atoms with Crippen LogP contribution in [-0.2, 0) is 11.3 Å². The number of amides is 1. The predicted molar refractivity (Wildman–Crippen MR) is 130 cm³/mol. The third kappa shape index (κ3) is 5.20. The largest absolute Gasteiger partial charge is 0.490 e. The molecule has 5 rings (SSSR count). The van der Waals surface area contributed by atoms with Crippen molar-refractivity contribution in [2.24, 2.45) is 0 Å². The van der Waals surface area contributed by atoms with Crippen LogP contribution in [0.25, 0.3) is 11.4 Å². The van der Waals surface area contributed by atoms with E-state index in [1.165, 1.54) is 11.8 Å². The van der Waals surface area contributed by atoms with E-state index in [9.17, 15) is 4.79 Å². The molecule has 9 heteroatoms. The number of pyridine rings is 1. The average Bonchev–Trinajstić information content (AvgIpc) is 3.11. The second-order valence-electron chi connectivity index (χ2n) is 7.67. The van der Waals surface area contributed by atoms with E-state index in [-0.39, 0.29) is 11.7 Å². The molecule has 4 aromatic rings. The van der Waals surface area contributed by atoms with Crippen LogP contribution in [0.4, 0.5) is 5.69 Å². The summed E-state index contributed by atoms with van der Waals surface area (Å²) >= 11 is 1.34. The number of rotatable bonds is 7. The van der Waals surface area contributed by atoms with Crippen LogP contribution < -0.4 is 14.8 Å². The standard InChI is InChI=1S/C25H23N5O3S/c31-23(27-20-9-10-21-22(14-20)33-13-5-12-32-21)17-34-25-29-28-24(19-8-4-11-26-15-19)30(25)16-18-6-2-1-3-7-18/h1-4,6-11,14-15H,5,12-13,16-17H2,(H,27,31). The zero-order valence-corrected chi connectivity index (χ0v) is 19.2. The van der Waals surface area contributed by atoms with Crippen LogP contribution >= 0.6 is 11.8 Å². The summed E-state index contributed by atoms with van der Waals surface area (Å²) in [5.41, 5.74) is 2.65. The maximum atomic E-state index is 12.7. The Kier molecular flexibility index (Phi) is 6.71. The van der Waals surface area contributed by atoms with Crippen molar-refractivity contribution in [2.45, 2.75) is 18.1 Å². The molecule has 2 aromatic carbocycles. The molecule has 0 unspecified atom stereocenters. The van der Waals surface area contributed by atoms with Crippen LogP contribution in [0.5, 0.6) is 11.5 Å². The predicted octanol–water partition coefficient (Wildman–Crippen LogP) is 4.28. The van der Waals surface area contributed by atoms with Gasteiger partial charge in [0.05, 0.1) is 25.5 Å². The molecular formula is C25H23N5O3S. The fraction of sp³-hybridized carbons (Fsp3) is 0.200. The summed E-state index contributed by atoms with van der Waals surface area (Å²) in [6.45, 7) is 1.81. The third-order valence-corrected chi connectivity index (χ3v) is 6.15. The number of fused-ring (bicyclic) bond motifs is 1. The van der Waals surface area contributed by atoms with Gasteiger partial charge in [0.1, 0.15) is 0 Å². The van der Waals surface area contributed by atoms with Crippen LogP contribution in [0.3, 0.4) is 0 Å². The second-order valence-corrected chi connectivity index (χ2v) is 8.61. The Morgan fingerprint density at radius 1 is 1.00 bits per heavy atom. The van der Waals surface area contributed by atoms with Crippen molar-refractivity contribution in [3.63, 3.8) is 0 Å². The van der Waals surface area contributed by atoms with Crippen LogP contribution in [0, 0.1) is 0 Å². The van der Waals surface area contributed by atoms with Crippen LogP contribution in [0.1, 0.15) is 12.0 Å². The number of ether oxygens (including phenoxy) is 2. The maximum Gasteiger partial charge on any atom is 0.234 e. The van der Waals surface area contributed by atoms with Crippen LogP contribution in [0.15, 0.2) is 78.2 Å². The molecule has 0 spiro atoms. The third-order valence-electron chi connectivity index (χ3n) is 5.18. The van der Waals surface area contributed by atoms with Crippen molar-refractivity contribution in [1.29, 1.82) is 0 Å². The minimum absolute atomic E-state index is 0.142. The first kappa shape index (κ1) is 22.0. The Morgan fingerprint density at radius 3 is 2.68 bits per heavy atom. The summed E-state index contributed by atoms with van der Waals surface area (Å²) in [4.78, 5) is 16.9. The Morgan fingerprint density at radius 2 is 1.85 bits per heavy atom. The number of nitrogens with zero attached hydrogens (tertiary/aromatic N) is 4. The van der Waals surface area contributed by atoms with E-state index in [1.54, 1.807) is 18.5 Å². The van der Waals surface area contributed by atoms with Crippen molar-refractivity contribution in [3.05, 3.63) is 78.6 Å². The molecule has 0 fully saturated rings. The highest BCUT2D eigenvalue weighted by atomic mass is 32.2. The lowest BCUT2D eigenvalue weighted by Crippen LogP contribution is -2.15. The molecule has 8 nitrogen and oxygen atoms in total. The average molecular weight is 474 g/mol. The summed E-state index contributed by atoms with van der Waals surface area (Å²) in [5.74, 6) is 2.10. The van der Waals surface area contributed by atoms with E-state index >= 15 is 0 Å². The monoisotopic (exact) mass is 473 g/mol. The van der Waals surface area contributed by atoms with Gasteiger partial charge >= 0.3 is 0 Å². The van der Waals surface area contributed by atoms with Crippen molar-refractivity contribution >= 4 is 23.4 Å². The number of nitrogens with one attached hydrogen (secondary N) is 1. The molecule has 0 saturated carbocycles. The van der Waals surface area contributed by atoms with Gasteiger partial charge in [-0.05, 0) is 29.8 Å². The molecule has 2 aromatic heterocycles. The van der Waals surface area contributed by atoms with Crippen molar-refractivity contribution in [3.8, 4) is 22.9 Å². The highest BCUT2D eigenvalue weighted by Gasteiger charge is 2.17. The van der Waals surface area contributed by atoms with Gasteiger partial charge in [-0.25, -0.2) is 0 Å². The van der Waals surface area contributed by atoms with E-state index in [0.717, 1.165) is 17.5 Å². The number of hydrogen-bond acceptors (Lipinski definition) is 7. The van der Waals surface area contributed by atoms with Gasteiger partial charge in [0.25, 0.3) is 0 Å². The van der Waals surface area contributed by atoms with Gasteiger partial charge in [0, 0.05) is 36.1 Å². The Balaban J connectivity index is 1.31. The molecular weight excluding hydrogens is 450 g/mol. The number of carbonyl (C=O) groups excluding carboxylic acids is 1. The molecule has 0 saturated heterocycles. The SMILES string of the molecule is O=C(CSc1nnc(-c2cccnc2)n1Cc1ccccc1)Nc1ccc2c(c1)OCCCO2. The number of thioether (sulfide) groups is 1. The summed E-state index contributed by atoms with van der Waals surface area (Å²) in [6, 6.07) is 19.3. The molecule has 1 aliphatic heterocycles. The molecule has 0 bridgehead atoms. The number of benzene rings is 2. The van der Waals surface area contributed by atoms with Crippen LogP contribution in [-0.4, -0.2) is 44.6 Å². The quantitative estimate of drug-likeness (QED) is 0.401. The molecule has 1 aliphatic rings. The summed E-state index contributed by atoms with van der Waals surface area (Å²) in [5, 5.41) is 12.3. The van der Waals surface area contributed by atoms with Gasteiger partial charge in [-0.1, -0.05) is 42.1 Å². The Hall–Kier alpha value is -3.85. The minimum Gasteiger partial charge on any atom is -0.490 e. The lowest BCUT2D eigenvalue weighted by molar-refractivity contribution is -0.113. The first-order chi connectivity index (χ1) is 16.8. The number of carbonyl (C=O) groups is 1. The highest BCUT2D eigenvalue weighted by Crippen LogP contribution is 2.32. The minimum atomic E-state index is -0.142. The van der Waals surface area contributed by atoms with Gasteiger partial charge in [0.2, 0.25) is 5.91 Å². The van der Waals surface area contributed by atoms with Crippen molar-refractivity contribution in [2.75, 3.05) is 24.3 Å². The summed E-state index contributed by atoms with van der Waals surface area (Å²) in [7, 11) is 0. The molecule has 172 valence electrons. The first-order valence-electron chi connectivity index (χ1n) is 11.0. The molecule has 1 amide bonds. The first-order valence-corrected chi connectivity index (χ1v) is 11.9. The van der Waals surface area contributed by atoms with E-state index in [0.29, 0.717) is 47.9 Å². The Bertz CT molecular complexity index is 1260. The molecule has 34 heavy (non-hydrogen) atoms. The smallest absolute Gasteiger partial charge is 0.234 e. The van der Waals surface area contributed by atoms with Crippen molar-refractivity contribution in [1.82, 2.24) is 19.7 Å².